The molecule has 1 aromatic heterocycles. The van der Waals surface area contributed by atoms with Crippen LogP contribution in [0.25, 0.3) is 11.8 Å². The quantitative estimate of drug-likeness (QED) is 0.463. The Kier molecular flexibility index (Phi) is 5.51. The topological polar surface area (TPSA) is 107 Å². The minimum absolute atomic E-state index is 0.0734. The molecule has 3 amide bonds. The van der Waals surface area contributed by atoms with E-state index in [9.17, 15) is 14.4 Å². The average Bonchev–Trinajstić information content (AvgIpc) is 3.23. The molecule has 0 atom stereocenters. The van der Waals surface area contributed by atoms with Crippen molar-refractivity contribution >= 4 is 29.5 Å². The Morgan fingerprint density at radius 2 is 1.72 bits per heavy atom. The maximum Gasteiger partial charge on any atom is 0.282 e. The van der Waals surface area contributed by atoms with Crippen molar-refractivity contribution in [2.45, 2.75) is 13.8 Å². The summed E-state index contributed by atoms with van der Waals surface area (Å²) in [5.41, 5.74) is 11.8. The second kappa shape index (κ2) is 8.43. The van der Waals surface area contributed by atoms with Crippen LogP contribution in [0, 0.1) is 13.8 Å². The summed E-state index contributed by atoms with van der Waals surface area (Å²) in [7, 11) is 0. The summed E-state index contributed by atoms with van der Waals surface area (Å²) in [6.45, 7) is 3.68. The Labute approximate surface area is 184 Å². The lowest BCUT2D eigenvalue weighted by molar-refractivity contribution is -0.120. The first-order valence-electron chi connectivity index (χ1n) is 9.98. The van der Waals surface area contributed by atoms with Gasteiger partial charge in [-0.05, 0) is 68.0 Å². The maximum absolute atomic E-state index is 12.9. The molecule has 1 fully saturated rings. The molecule has 8 nitrogen and oxygen atoms in total. The Balaban J connectivity index is 1.62. The van der Waals surface area contributed by atoms with E-state index < -0.39 is 17.7 Å². The zero-order chi connectivity index (χ0) is 22.8. The van der Waals surface area contributed by atoms with Crippen molar-refractivity contribution in [3.8, 4) is 11.4 Å². The summed E-state index contributed by atoms with van der Waals surface area (Å²) in [5.74, 6) is -0.853. The predicted octanol–water partition coefficient (Wildman–Crippen LogP) is 2.42. The van der Waals surface area contributed by atoms with E-state index in [0.717, 1.165) is 22.6 Å². The zero-order valence-electron chi connectivity index (χ0n) is 17.7. The first kappa shape index (κ1) is 20.9. The van der Waals surface area contributed by atoms with Gasteiger partial charge in [0.05, 0.1) is 5.69 Å². The van der Waals surface area contributed by atoms with E-state index in [1.165, 1.54) is 5.01 Å². The number of amides is 3. The molecule has 0 spiro atoms. The minimum atomic E-state index is -0.541. The predicted molar refractivity (Wildman–Crippen MR) is 120 cm³/mol. The summed E-state index contributed by atoms with van der Waals surface area (Å²) in [5, 5.41) is 1.25. The number of carbonyl (C=O) groups is 3. The number of primary amides is 1. The Hall–Kier alpha value is -4.33. The monoisotopic (exact) mass is 430 g/mol. The number of carbonyl (C=O) groups excluding carboxylic acids is 3. The van der Waals surface area contributed by atoms with E-state index in [-0.39, 0.29) is 12.2 Å². The molecule has 2 heterocycles. The fourth-order valence-electron chi connectivity index (χ4n) is 3.65. The van der Waals surface area contributed by atoms with Crippen LogP contribution >= 0.6 is 0 Å². The number of aromatic nitrogens is 1. The molecule has 32 heavy (non-hydrogen) atoms. The van der Waals surface area contributed by atoms with Gasteiger partial charge >= 0.3 is 0 Å². The van der Waals surface area contributed by atoms with Gasteiger partial charge in [0, 0.05) is 17.1 Å². The van der Waals surface area contributed by atoms with Gasteiger partial charge in [0.1, 0.15) is 11.3 Å². The van der Waals surface area contributed by atoms with Crippen LogP contribution in [0.15, 0.2) is 66.2 Å². The number of nitrogens with zero attached hydrogens (tertiary/aromatic N) is 2. The molecule has 162 valence electrons. The van der Waals surface area contributed by atoms with Crippen molar-refractivity contribution in [1.82, 2.24) is 9.99 Å². The van der Waals surface area contributed by atoms with Gasteiger partial charge in [-0.15, -0.1) is 0 Å². The van der Waals surface area contributed by atoms with Crippen LogP contribution in [0.5, 0.6) is 5.75 Å². The zero-order valence-corrected chi connectivity index (χ0v) is 17.7. The number of benzene rings is 2. The van der Waals surface area contributed by atoms with Crippen LogP contribution in [0.2, 0.25) is 0 Å². The summed E-state index contributed by atoms with van der Waals surface area (Å²) < 4.78 is 7.31. The molecule has 1 aliphatic rings. The van der Waals surface area contributed by atoms with E-state index in [4.69, 9.17) is 10.5 Å². The normalized spacial score (nSPS) is 14.7. The maximum atomic E-state index is 12.9. The van der Waals surface area contributed by atoms with Gasteiger partial charge in [0.15, 0.2) is 6.61 Å². The third-order valence-corrected chi connectivity index (χ3v) is 5.15. The lowest BCUT2D eigenvalue weighted by Gasteiger charge is -2.13. The van der Waals surface area contributed by atoms with Crippen molar-refractivity contribution in [3.63, 3.8) is 0 Å². The number of rotatable bonds is 6. The van der Waals surface area contributed by atoms with Gasteiger partial charge in [0.25, 0.3) is 17.7 Å². The molecule has 0 bridgehead atoms. The Morgan fingerprint density at radius 1 is 1.03 bits per heavy atom. The number of ether oxygens (including phenoxy) is 1. The number of anilines is 1. The van der Waals surface area contributed by atoms with Crippen LogP contribution < -0.4 is 20.9 Å². The van der Waals surface area contributed by atoms with E-state index in [2.05, 4.69) is 5.43 Å². The highest BCUT2D eigenvalue weighted by Gasteiger charge is 2.34. The van der Waals surface area contributed by atoms with Crippen molar-refractivity contribution in [1.29, 1.82) is 0 Å². The molecule has 0 saturated carbocycles. The smallest absolute Gasteiger partial charge is 0.282 e. The van der Waals surface area contributed by atoms with Gasteiger partial charge in [-0.2, -0.15) is 0 Å². The number of aryl methyl sites for hydroxylation is 1. The Morgan fingerprint density at radius 3 is 2.38 bits per heavy atom. The van der Waals surface area contributed by atoms with E-state index in [0.29, 0.717) is 11.4 Å². The van der Waals surface area contributed by atoms with Crippen molar-refractivity contribution < 1.29 is 19.1 Å². The fraction of sp³-hybridized carbons (Fsp3) is 0.125. The summed E-state index contributed by atoms with van der Waals surface area (Å²) in [6.07, 6.45) is 1.61. The molecule has 2 aromatic carbocycles. The van der Waals surface area contributed by atoms with Crippen LogP contribution in [0.3, 0.4) is 0 Å². The highest BCUT2D eigenvalue weighted by atomic mass is 16.5. The van der Waals surface area contributed by atoms with Gasteiger partial charge in [-0.3, -0.25) is 19.8 Å². The third kappa shape index (κ3) is 3.98. The second-order valence-electron chi connectivity index (χ2n) is 7.39. The van der Waals surface area contributed by atoms with E-state index in [1.807, 2.05) is 42.7 Å². The van der Waals surface area contributed by atoms with E-state index >= 15 is 0 Å². The SMILES string of the molecule is Cc1cc(/C=C2/C(=O)NN(c3ccccc3)C2=O)c(C)n1-c1ccc(OCC(N)=O)cc1. The van der Waals surface area contributed by atoms with Gasteiger partial charge in [-0.1, -0.05) is 18.2 Å². The fourth-order valence-corrected chi connectivity index (χ4v) is 3.65. The summed E-state index contributed by atoms with van der Waals surface area (Å²) >= 11 is 0. The Bertz CT molecular complexity index is 1230. The van der Waals surface area contributed by atoms with Crippen molar-refractivity contribution in [3.05, 3.63) is 83.2 Å². The molecule has 0 aliphatic carbocycles. The van der Waals surface area contributed by atoms with Crippen LogP contribution in [-0.2, 0) is 14.4 Å². The highest BCUT2D eigenvalue weighted by Crippen LogP contribution is 2.26. The average molecular weight is 430 g/mol. The van der Waals surface area contributed by atoms with Crippen LogP contribution in [-0.4, -0.2) is 28.9 Å². The molecule has 4 rings (SSSR count). The first-order valence-corrected chi connectivity index (χ1v) is 9.98. The van der Waals surface area contributed by atoms with Gasteiger partial charge in [-0.25, -0.2) is 5.01 Å². The molecule has 3 N–H and O–H groups in total. The van der Waals surface area contributed by atoms with Crippen molar-refractivity contribution in [2.24, 2.45) is 5.73 Å². The molecule has 3 aromatic rings. The van der Waals surface area contributed by atoms with Gasteiger partial charge < -0.3 is 15.0 Å². The number of hydrogen-bond acceptors (Lipinski definition) is 4. The van der Waals surface area contributed by atoms with Crippen LogP contribution in [0.1, 0.15) is 17.0 Å². The molecule has 0 radical (unpaired) electrons. The number of nitrogens with one attached hydrogen (secondary N) is 1. The molecule has 1 aliphatic heterocycles. The van der Waals surface area contributed by atoms with E-state index in [1.54, 1.807) is 42.5 Å². The van der Waals surface area contributed by atoms with Crippen LogP contribution in [0.4, 0.5) is 5.69 Å². The number of para-hydroxylation sites is 1. The molecule has 0 unspecified atom stereocenters. The van der Waals surface area contributed by atoms with Crippen molar-refractivity contribution in [2.75, 3.05) is 11.6 Å². The van der Waals surface area contributed by atoms with Gasteiger partial charge in [0.2, 0.25) is 0 Å². The molecule has 8 heteroatoms. The second-order valence-corrected chi connectivity index (χ2v) is 7.39. The molecule has 1 saturated heterocycles. The summed E-state index contributed by atoms with van der Waals surface area (Å²) in [6, 6.07) is 18.1. The third-order valence-electron chi connectivity index (χ3n) is 5.15. The number of nitrogens with two attached hydrogens (primary N) is 1. The lowest BCUT2D eigenvalue weighted by Crippen LogP contribution is -2.35. The highest BCUT2D eigenvalue weighted by molar-refractivity contribution is 6.31. The lowest BCUT2D eigenvalue weighted by atomic mass is 10.1. The molecular weight excluding hydrogens is 408 g/mol. The largest absolute Gasteiger partial charge is 0.484 e. The molecular formula is C24H22N4O4. The minimum Gasteiger partial charge on any atom is -0.484 e. The first-order chi connectivity index (χ1) is 15.3. The number of hydrogen-bond donors (Lipinski definition) is 2. The standard InChI is InChI=1S/C24H22N4O4/c1-15-12-17(13-21-23(30)26-28(24(21)31)19-6-4-3-5-7-19)16(2)27(15)18-8-10-20(11-9-18)32-14-22(25)29/h3-13H,14H2,1-2H3,(H2,25,29)(H,26,30)/b21-13-. The number of hydrazine groups is 1. The summed E-state index contributed by atoms with van der Waals surface area (Å²) in [4.78, 5) is 36.2.